The number of fused-ring (bicyclic) bond motifs is 1. The van der Waals surface area contributed by atoms with Gasteiger partial charge in [-0.1, -0.05) is 19.1 Å². The second kappa shape index (κ2) is 9.76. The number of anilines is 1. The van der Waals surface area contributed by atoms with Crippen molar-refractivity contribution in [1.29, 1.82) is 0 Å². The Morgan fingerprint density at radius 2 is 1.72 bits per heavy atom. The summed E-state index contributed by atoms with van der Waals surface area (Å²) in [6.07, 6.45) is -6.43. The lowest BCUT2D eigenvalue weighted by Crippen LogP contribution is -2.58. The highest BCUT2D eigenvalue weighted by Crippen LogP contribution is 2.35. The number of hydrogen-bond acceptors (Lipinski definition) is 5. The Morgan fingerprint density at radius 1 is 1.06 bits per heavy atom. The molecule has 0 saturated carbocycles. The molecule has 1 aliphatic heterocycles. The van der Waals surface area contributed by atoms with E-state index in [1.54, 1.807) is 0 Å². The van der Waals surface area contributed by atoms with Crippen molar-refractivity contribution in [2.45, 2.75) is 57.9 Å². The fourth-order valence-corrected chi connectivity index (χ4v) is 4.89. The Labute approximate surface area is 205 Å². The van der Waals surface area contributed by atoms with Gasteiger partial charge in [-0.25, -0.2) is 18.6 Å². The fraction of sp³-hybridized carbons (Fsp3) is 0.480. The number of halogens is 5. The number of alkyl halides is 5. The van der Waals surface area contributed by atoms with Gasteiger partial charge in [-0.2, -0.15) is 18.2 Å². The lowest BCUT2D eigenvalue weighted by atomic mass is 9.98. The molecule has 1 aliphatic rings. The first kappa shape index (κ1) is 26.0. The molecule has 0 spiro atoms. The van der Waals surface area contributed by atoms with Crippen LogP contribution in [0.2, 0.25) is 0 Å². The molecule has 1 unspecified atom stereocenters. The average molecular weight is 510 g/mol. The molecule has 0 amide bonds. The van der Waals surface area contributed by atoms with Crippen molar-refractivity contribution < 1.29 is 22.0 Å². The van der Waals surface area contributed by atoms with E-state index in [0.717, 1.165) is 24.1 Å². The molecule has 1 fully saturated rings. The van der Waals surface area contributed by atoms with Crippen LogP contribution in [0.15, 0.2) is 41.2 Å². The summed E-state index contributed by atoms with van der Waals surface area (Å²) in [6.45, 7) is 6.90. The number of nitrogens with zero attached hydrogens (tertiary/aromatic N) is 5. The molecule has 6 nitrogen and oxygen atoms in total. The van der Waals surface area contributed by atoms with Crippen LogP contribution in [0.25, 0.3) is 11.0 Å². The second-order valence-electron chi connectivity index (χ2n) is 9.24. The van der Waals surface area contributed by atoms with E-state index in [0.29, 0.717) is 18.6 Å². The first-order valence-corrected chi connectivity index (χ1v) is 11.8. The van der Waals surface area contributed by atoms with E-state index in [-0.39, 0.29) is 29.5 Å². The minimum Gasteiger partial charge on any atom is -0.349 e. The van der Waals surface area contributed by atoms with Crippen molar-refractivity contribution in [3.63, 3.8) is 0 Å². The molecule has 194 valence electrons. The Bertz CT molecular complexity index is 1290. The van der Waals surface area contributed by atoms with Gasteiger partial charge in [0, 0.05) is 38.3 Å². The van der Waals surface area contributed by atoms with Gasteiger partial charge in [0.05, 0.1) is 11.1 Å². The molecule has 2 aromatic heterocycles. The Kier molecular flexibility index (Phi) is 7.05. The van der Waals surface area contributed by atoms with Gasteiger partial charge in [-0.15, -0.1) is 0 Å². The molecule has 1 aromatic carbocycles. The number of benzene rings is 1. The summed E-state index contributed by atoms with van der Waals surface area (Å²) in [5.74, 6) is 0.267. The van der Waals surface area contributed by atoms with Gasteiger partial charge >= 0.3 is 11.9 Å². The monoisotopic (exact) mass is 509 g/mol. The summed E-state index contributed by atoms with van der Waals surface area (Å²) in [7, 11) is 1.52. The van der Waals surface area contributed by atoms with E-state index in [9.17, 15) is 26.7 Å². The van der Waals surface area contributed by atoms with E-state index < -0.39 is 29.5 Å². The van der Waals surface area contributed by atoms with E-state index in [1.165, 1.54) is 35.9 Å². The second-order valence-corrected chi connectivity index (χ2v) is 9.24. The van der Waals surface area contributed by atoms with Gasteiger partial charge in [0.25, 0.3) is 6.43 Å². The van der Waals surface area contributed by atoms with Gasteiger partial charge in [0.1, 0.15) is 11.2 Å². The van der Waals surface area contributed by atoms with E-state index in [4.69, 9.17) is 0 Å². The summed E-state index contributed by atoms with van der Waals surface area (Å²) in [5, 5.41) is 0. The zero-order valence-electron chi connectivity index (χ0n) is 20.4. The minimum atomic E-state index is -4.39. The van der Waals surface area contributed by atoms with Crippen LogP contribution in [0, 0.1) is 0 Å². The molecule has 0 bridgehead atoms. The SMILES string of the molecule is CC[C@@H]1CN(c2nc(=O)n(C)c3ccc(C(F)F)nc23)[C@@H](C)CN1C(C)c1ccc(C(F)(F)F)cc1. The summed E-state index contributed by atoms with van der Waals surface area (Å²) in [5.41, 5.74) is -0.176. The van der Waals surface area contributed by atoms with E-state index >= 15 is 0 Å². The Morgan fingerprint density at radius 3 is 2.31 bits per heavy atom. The van der Waals surface area contributed by atoms with Gasteiger partial charge in [-0.3, -0.25) is 9.47 Å². The summed E-state index contributed by atoms with van der Waals surface area (Å²) in [6, 6.07) is 7.52. The maximum atomic E-state index is 13.4. The van der Waals surface area contributed by atoms with E-state index in [1.807, 2.05) is 25.7 Å². The lowest BCUT2D eigenvalue weighted by Gasteiger charge is -2.48. The summed E-state index contributed by atoms with van der Waals surface area (Å²) in [4.78, 5) is 25.1. The minimum absolute atomic E-state index is 0.0160. The number of rotatable bonds is 5. The van der Waals surface area contributed by atoms with Crippen LogP contribution < -0.4 is 10.6 Å². The van der Waals surface area contributed by atoms with Crippen LogP contribution in [0.5, 0.6) is 0 Å². The quantitative estimate of drug-likeness (QED) is 0.435. The van der Waals surface area contributed by atoms with Crippen LogP contribution in [-0.2, 0) is 13.2 Å². The zero-order valence-corrected chi connectivity index (χ0v) is 20.4. The normalized spacial score (nSPS) is 20.3. The van der Waals surface area contributed by atoms with Crippen LogP contribution in [-0.4, -0.2) is 44.6 Å². The molecule has 1 saturated heterocycles. The van der Waals surface area contributed by atoms with Gasteiger partial charge in [0.2, 0.25) is 0 Å². The van der Waals surface area contributed by atoms with Gasteiger partial charge < -0.3 is 4.90 Å². The predicted octanol–water partition coefficient (Wildman–Crippen LogP) is 5.34. The molecule has 0 radical (unpaired) electrons. The van der Waals surface area contributed by atoms with Crippen molar-refractivity contribution >= 4 is 16.9 Å². The number of aryl methyl sites for hydroxylation is 1. The van der Waals surface area contributed by atoms with Crippen molar-refractivity contribution in [1.82, 2.24) is 19.4 Å². The number of pyridine rings is 1. The molecule has 0 aliphatic carbocycles. The molecule has 3 atom stereocenters. The highest BCUT2D eigenvalue weighted by Gasteiger charge is 2.36. The standard InChI is InChI=1S/C25H28F5N5O/c1-5-18-13-34(23-21-20(33(4)24(36)32-23)11-10-19(31-21)22(26)27)14(2)12-35(18)15(3)16-6-8-17(9-7-16)25(28,29)30/h6-11,14-15,18,22H,5,12-13H2,1-4H3/t14-,15?,18+/m0/s1. The average Bonchev–Trinajstić information content (AvgIpc) is 2.85. The first-order chi connectivity index (χ1) is 16.9. The van der Waals surface area contributed by atoms with Crippen molar-refractivity contribution in [3.05, 3.63) is 63.7 Å². The highest BCUT2D eigenvalue weighted by molar-refractivity contribution is 5.86. The van der Waals surface area contributed by atoms with Crippen LogP contribution in [0.3, 0.4) is 0 Å². The molecule has 11 heteroatoms. The Hall–Kier alpha value is -3.08. The Balaban J connectivity index is 1.67. The third kappa shape index (κ3) is 4.80. The van der Waals surface area contributed by atoms with Crippen LogP contribution >= 0.6 is 0 Å². The molecule has 0 N–H and O–H groups in total. The van der Waals surface area contributed by atoms with Crippen LogP contribution in [0.4, 0.5) is 27.8 Å². The maximum Gasteiger partial charge on any atom is 0.416 e. The molecule has 3 aromatic rings. The van der Waals surface area contributed by atoms with Gasteiger partial charge in [-0.05, 0) is 50.1 Å². The third-order valence-electron chi connectivity index (χ3n) is 7.03. The van der Waals surface area contributed by atoms with Crippen molar-refractivity contribution in [2.24, 2.45) is 7.05 Å². The van der Waals surface area contributed by atoms with Gasteiger partial charge in [0.15, 0.2) is 5.82 Å². The van der Waals surface area contributed by atoms with Crippen LogP contribution in [0.1, 0.15) is 56.5 Å². The molecular weight excluding hydrogens is 481 g/mol. The smallest absolute Gasteiger partial charge is 0.349 e. The molecular formula is C25H28F5N5O. The first-order valence-electron chi connectivity index (χ1n) is 11.8. The highest BCUT2D eigenvalue weighted by atomic mass is 19.4. The zero-order chi connectivity index (χ0) is 26.4. The van der Waals surface area contributed by atoms with Crippen molar-refractivity contribution in [3.8, 4) is 0 Å². The fourth-order valence-electron chi connectivity index (χ4n) is 4.89. The number of piperazine rings is 1. The third-order valence-corrected chi connectivity index (χ3v) is 7.03. The summed E-state index contributed by atoms with van der Waals surface area (Å²) >= 11 is 0. The largest absolute Gasteiger partial charge is 0.416 e. The van der Waals surface area contributed by atoms with Crippen molar-refractivity contribution in [2.75, 3.05) is 18.0 Å². The lowest BCUT2D eigenvalue weighted by molar-refractivity contribution is -0.137. The molecule has 36 heavy (non-hydrogen) atoms. The molecule has 4 rings (SSSR count). The molecule has 3 heterocycles. The van der Waals surface area contributed by atoms with E-state index in [2.05, 4.69) is 14.9 Å². The number of aromatic nitrogens is 3. The summed E-state index contributed by atoms with van der Waals surface area (Å²) < 4.78 is 67.0. The predicted molar refractivity (Wildman–Crippen MR) is 127 cm³/mol. The maximum absolute atomic E-state index is 13.4. The topological polar surface area (TPSA) is 54.3 Å². The number of hydrogen-bond donors (Lipinski definition) is 0.